The van der Waals surface area contributed by atoms with E-state index in [4.69, 9.17) is 5.11 Å². The largest absolute Gasteiger partial charge is 0.481 e. The summed E-state index contributed by atoms with van der Waals surface area (Å²) >= 11 is 6.41. The summed E-state index contributed by atoms with van der Waals surface area (Å²) in [5, 5.41) is 8.48. The fraction of sp³-hybridized carbons (Fsp3) is 0.143. The minimum absolute atomic E-state index is 0.0575. The normalized spacial score (nSPS) is 9.83. The highest BCUT2D eigenvalue weighted by Crippen LogP contribution is 2.16. The summed E-state index contributed by atoms with van der Waals surface area (Å²) in [6.45, 7) is 0. The molecule has 1 aromatic heterocycles. The Bertz CT molecular complexity index is 294. The first-order valence-corrected chi connectivity index (χ1v) is 4.70. The van der Waals surface area contributed by atoms with Gasteiger partial charge >= 0.3 is 5.97 Å². The van der Waals surface area contributed by atoms with E-state index in [0.29, 0.717) is 10.3 Å². The Morgan fingerprint density at radius 2 is 2.17 bits per heavy atom. The van der Waals surface area contributed by atoms with Gasteiger partial charge in [-0.2, -0.15) is 0 Å². The Morgan fingerprint density at radius 3 is 2.67 bits per heavy atom. The SMILES string of the molecule is O=C(O)Cc1cc(Br)cc(Br)n1. The smallest absolute Gasteiger partial charge is 0.309 e. The number of aliphatic carboxylic acids is 1. The molecule has 0 aromatic carbocycles. The van der Waals surface area contributed by atoms with Crippen molar-refractivity contribution < 1.29 is 9.90 Å². The van der Waals surface area contributed by atoms with Gasteiger partial charge in [-0.1, -0.05) is 15.9 Å². The zero-order valence-electron chi connectivity index (χ0n) is 5.92. The van der Waals surface area contributed by atoms with Crippen molar-refractivity contribution >= 4 is 37.8 Å². The first-order chi connectivity index (χ1) is 5.58. The molecule has 1 rings (SSSR count). The number of rotatable bonds is 2. The van der Waals surface area contributed by atoms with Crippen LogP contribution in [0.3, 0.4) is 0 Å². The van der Waals surface area contributed by atoms with Gasteiger partial charge in [-0.15, -0.1) is 0 Å². The Morgan fingerprint density at radius 1 is 1.50 bits per heavy atom. The number of carboxylic acids is 1. The first-order valence-electron chi connectivity index (χ1n) is 3.11. The quantitative estimate of drug-likeness (QED) is 0.851. The second kappa shape index (κ2) is 4.00. The van der Waals surface area contributed by atoms with Crippen LogP contribution in [0.4, 0.5) is 0 Å². The van der Waals surface area contributed by atoms with Crippen LogP contribution in [-0.2, 0) is 11.2 Å². The Labute approximate surface area is 86.1 Å². The maximum Gasteiger partial charge on any atom is 0.309 e. The molecule has 0 saturated heterocycles. The lowest BCUT2D eigenvalue weighted by atomic mass is 10.3. The van der Waals surface area contributed by atoms with E-state index in [1.54, 1.807) is 12.1 Å². The molecule has 1 N–H and O–H groups in total. The van der Waals surface area contributed by atoms with Gasteiger partial charge in [-0.3, -0.25) is 4.79 Å². The van der Waals surface area contributed by atoms with Crippen LogP contribution in [0.25, 0.3) is 0 Å². The lowest BCUT2D eigenvalue weighted by molar-refractivity contribution is -0.136. The maximum atomic E-state index is 10.3. The first kappa shape index (κ1) is 9.67. The summed E-state index contributed by atoms with van der Waals surface area (Å²) in [5.74, 6) is -0.882. The molecule has 0 aliphatic carbocycles. The zero-order chi connectivity index (χ0) is 9.14. The monoisotopic (exact) mass is 293 g/mol. The molecule has 64 valence electrons. The number of halogens is 2. The van der Waals surface area contributed by atoms with Gasteiger partial charge in [0.2, 0.25) is 0 Å². The van der Waals surface area contributed by atoms with Crippen molar-refractivity contribution in [2.75, 3.05) is 0 Å². The summed E-state index contributed by atoms with van der Waals surface area (Å²) in [6, 6.07) is 3.43. The molecule has 0 fully saturated rings. The number of hydrogen-bond acceptors (Lipinski definition) is 2. The van der Waals surface area contributed by atoms with Crippen molar-refractivity contribution in [2.45, 2.75) is 6.42 Å². The third-order valence-electron chi connectivity index (χ3n) is 1.14. The summed E-state index contributed by atoms with van der Waals surface area (Å²) < 4.78 is 1.45. The molecule has 0 amide bonds. The number of hydrogen-bond donors (Lipinski definition) is 1. The number of carboxylic acid groups (broad SMARTS) is 1. The molecular weight excluding hydrogens is 290 g/mol. The Hall–Kier alpha value is -0.420. The molecule has 0 radical (unpaired) electrons. The molecule has 3 nitrogen and oxygen atoms in total. The minimum atomic E-state index is -0.882. The van der Waals surface area contributed by atoms with Crippen LogP contribution in [0, 0.1) is 0 Å². The van der Waals surface area contributed by atoms with Crippen LogP contribution < -0.4 is 0 Å². The van der Waals surface area contributed by atoms with E-state index in [-0.39, 0.29) is 6.42 Å². The van der Waals surface area contributed by atoms with Crippen molar-refractivity contribution in [3.05, 3.63) is 26.9 Å². The van der Waals surface area contributed by atoms with Gasteiger partial charge in [-0.25, -0.2) is 4.98 Å². The number of aromatic nitrogens is 1. The van der Waals surface area contributed by atoms with Crippen LogP contribution >= 0.6 is 31.9 Å². The van der Waals surface area contributed by atoms with E-state index in [1.807, 2.05) is 0 Å². The summed E-state index contributed by atoms with van der Waals surface area (Å²) in [7, 11) is 0. The lowest BCUT2D eigenvalue weighted by Gasteiger charge is -1.98. The third kappa shape index (κ3) is 2.91. The van der Waals surface area contributed by atoms with Crippen LogP contribution in [0.15, 0.2) is 21.2 Å². The molecule has 0 saturated carbocycles. The minimum Gasteiger partial charge on any atom is -0.481 e. The highest BCUT2D eigenvalue weighted by Gasteiger charge is 2.03. The summed E-state index contributed by atoms with van der Waals surface area (Å²) in [5.41, 5.74) is 0.531. The van der Waals surface area contributed by atoms with Gasteiger partial charge in [0.1, 0.15) is 4.60 Å². The summed E-state index contributed by atoms with van der Waals surface area (Å²) in [4.78, 5) is 14.3. The highest BCUT2D eigenvalue weighted by atomic mass is 79.9. The van der Waals surface area contributed by atoms with Gasteiger partial charge in [0.25, 0.3) is 0 Å². The second-order valence-corrected chi connectivity index (χ2v) is 3.90. The van der Waals surface area contributed by atoms with Gasteiger partial charge in [0.15, 0.2) is 0 Å². The summed E-state index contributed by atoms with van der Waals surface area (Å²) in [6.07, 6.45) is -0.0575. The van der Waals surface area contributed by atoms with E-state index in [0.717, 1.165) is 4.47 Å². The molecule has 1 heterocycles. The standard InChI is InChI=1S/C7H5Br2NO2/c8-4-1-5(3-7(11)12)10-6(9)2-4/h1-2H,3H2,(H,11,12). The van der Waals surface area contributed by atoms with Gasteiger partial charge in [-0.05, 0) is 28.1 Å². The topological polar surface area (TPSA) is 50.2 Å². The Kier molecular flexibility index (Phi) is 3.22. The predicted octanol–water partition coefficient (Wildman–Crippen LogP) is 2.23. The van der Waals surface area contributed by atoms with Crippen LogP contribution in [0.2, 0.25) is 0 Å². The predicted molar refractivity (Wildman–Crippen MR) is 51.0 cm³/mol. The van der Waals surface area contributed by atoms with Gasteiger partial charge in [0.05, 0.1) is 12.1 Å². The average Bonchev–Trinajstić information content (AvgIpc) is 1.81. The molecule has 0 aliphatic rings. The van der Waals surface area contributed by atoms with E-state index in [9.17, 15) is 4.79 Å². The van der Waals surface area contributed by atoms with Crippen LogP contribution in [0.1, 0.15) is 5.69 Å². The highest BCUT2D eigenvalue weighted by molar-refractivity contribution is 9.11. The lowest BCUT2D eigenvalue weighted by Crippen LogP contribution is -2.02. The molecule has 12 heavy (non-hydrogen) atoms. The average molecular weight is 295 g/mol. The van der Waals surface area contributed by atoms with Crippen molar-refractivity contribution in [2.24, 2.45) is 0 Å². The maximum absolute atomic E-state index is 10.3. The molecular formula is C7H5Br2NO2. The van der Waals surface area contributed by atoms with Gasteiger partial charge in [0, 0.05) is 4.47 Å². The molecule has 5 heteroatoms. The van der Waals surface area contributed by atoms with Crippen molar-refractivity contribution in [3.8, 4) is 0 Å². The van der Waals surface area contributed by atoms with Crippen molar-refractivity contribution in [1.29, 1.82) is 0 Å². The van der Waals surface area contributed by atoms with E-state index >= 15 is 0 Å². The molecule has 0 unspecified atom stereocenters. The second-order valence-electron chi connectivity index (χ2n) is 2.17. The Balaban J connectivity index is 2.93. The number of nitrogens with zero attached hydrogens (tertiary/aromatic N) is 1. The number of pyridine rings is 1. The van der Waals surface area contributed by atoms with Crippen molar-refractivity contribution in [1.82, 2.24) is 4.98 Å². The fourth-order valence-corrected chi connectivity index (χ4v) is 2.02. The van der Waals surface area contributed by atoms with E-state index < -0.39 is 5.97 Å². The van der Waals surface area contributed by atoms with Crippen molar-refractivity contribution in [3.63, 3.8) is 0 Å². The molecule has 1 aromatic rings. The fourth-order valence-electron chi connectivity index (χ4n) is 0.762. The number of carbonyl (C=O) groups is 1. The van der Waals surface area contributed by atoms with Crippen LogP contribution in [0.5, 0.6) is 0 Å². The zero-order valence-corrected chi connectivity index (χ0v) is 9.09. The van der Waals surface area contributed by atoms with E-state index in [1.165, 1.54) is 0 Å². The van der Waals surface area contributed by atoms with E-state index in [2.05, 4.69) is 36.8 Å². The molecule has 0 aliphatic heterocycles. The third-order valence-corrected chi connectivity index (χ3v) is 2.01. The molecule has 0 atom stereocenters. The van der Waals surface area contributed by atoms with Crippen LogP contribution in [-0.4, -0.2) is 16.1 Å². The molecule has 0 bridgehead atoms. The van der Waals surface area contributed by atoms with Gasteiger partial charge < -0.3 is 5.11 Å². The molecule has 0 spiro atoms.